The Morgan fingerprint density at radius 2 is 2.17 bits per heavy atom. The Hall–Kier alpha value is -0.310. The molecule has 1 aromatic heterocycles. The Morgan fingerprint density at radius 1 is 1.50 bits per heavy atom. The van der Waals surface area contributed by atoms with Crippen LogP contribution in [0.4, 0.5) is 0 Å². The van der Waals surface area contributed by atoms with Crippen molar-refractivity contribution < 1.29 is 0 Å². The van der Waals surface area contributed by atoms with Crippen LogP contribution in [0.1, 0.15) is 38.4 Å². The zero-order valence-corrected chi connectivity index (χ0v) is 9.37. The second-order valence-electron chi connectivity index (χ2n) is 3.35. The highest BCUT2D eigenvalue weighted by atomic mass is 79.9. The second-order valence-corrected chi connectivity index (χ2v) is 4.00. The molecule has 1 atom stereocenters. The van der Waals surface area contributed by atoms with Crippen LogP contribution in [0.5, 0.6) is 0 Å². The lowest BCUT2D eigenvalue weighted by Crippen LogP contribution is -2.10. The third kappa shape index (κ3) is 1.89. The van der Waals surface area contributed by atoms with Crippen molar-refractivity contribution in [3.63, 3.8) is 0 Å². The molecule has 1 heterocycles. The van der Waals surface area contributed by atoms with Gasteiger partial charge in [-0.25, -0.2) is 0 Å². The third-order valence-corrected chi connectivity index (χ3v) is 2.90. The van der Waals surface area contributed by atoms with Gasteiger partial charge in [0.05, 0.1) is 0 Å². The Balaban J connectivity index is 2.91. The monoisotopic (exact) mass is 230 g/mol. The molecule has 3 heteroatoms. The van der Waals surface area contributed by atoms with E-state index in [0.29, 0.717) is 12.0 Å². The fourth-order valence-electron chi connectivity index (χ4n) is 1.23. The summed E-state index contributed by atoms with van der Waals surface area (Å²) in [4.78, 5) is 0. The minimum absolute atomic E-state index is 0.455. The van der Waals surface area contributed by atoms with E-state index in [1.165, 1.54) is 5.69 Å². The van der Waals surface area contributed by atoms with E-state index in [-0.39, 0.29) is 0 Å². The lowest BCUT2D eigenvalue weighted by Gasteiger charge is -2.14. The van der Waals surface area contributed by atoms with Gasteiger partial charge < -0.3 is 0 Å². The van der Waals surface area contributed by atoms with Crippen molar-refractivity contribution in [1.29, 1.82) is 0 Å². The Bertz CT molecular complexity index is 242. The number of hydrogen-bond acceptors (Lipinski definition) is 1. The normalized spacial score (nSPS) is 13.8. The van der Waals surface area contributed by atoms with Gasteiger partial charge in [-0.2, -0.15) is 5.10 Å². The lowest BCUT2D eigenvalue weighted by atomic mass is 10.1. The first-order chi connectivity index (χ1) is 5.66. The Kier molecular flexibility index (Phi) is 3.32. The van der Waals surface area contributed by atoms with Gasteiger partial charge in [0.1, 0.15) is 0 Å². The molecule has 0 saturated heterocycles. The van der Waals surface area contributed by atoms with Crippen molar-refractivity contribution in [3.8, 4) is 0 Å². The maximum absolute atomic E-state index is 4.28. The van der Waals surface area contributed by atoms with Gasteiger partial charge in [-0.05, 0) is 19.9 Å². The molecule has 0 radical (unpaired) electrons. The van der Waals surface area contributed by atoms with E-state index in [2.05, 4.69) is 52.5 Å². The molecule has 1 unspecified atom stereocenters. The lowest BCUT2D eigenvalue weighted by molar-refractivity contribution is 0.499. The van der Waals surface area contributed by atoms with E-state index in [4.69, 9.17) is 0 Å². The maximum atomic E-state index is 4.28. The van der Waals surface area contributed by atoms with Crippen LogP contribution in [0.15, 0.2) is 12.3 Å². The number of hydrogen-bond donors (Lipinski definition) is 0. The molecule has 0 N–H and O–H groups in total. The number of rotatable bonds is 3. The predicted molar refractivity (Wildman–Crippen MR) is 54.8 cm³/mol. The van der Waals surface area contributed by atoms with Crippen LogP contribution in [0.3, 0.4) is 0 Å². The fraction of sp³-hybridized carbons (Fsp3) is 0.667. The van der Waals surface area contributed by atoms with E-state index in [1.54, 1.807) is 0 Å². The van der Waals surface area contributed by atoms with Gasteiger partial charge in [0.2, 0.25) is 0 Å². The average molecular weight is 231 g/mol. The zero-order valence-electron chi connectivity index (χ0n) is 7.79. The minimum Gasteiger partial charge on any atom is -0.267 e. The molecule has 0 aliphatic carbocycles. The van der Waals surface area contributed by atoms with Crippen molar-refractivity contribution in [2.45, 2.75) is 32.7 Å². The van der Waals surface area contributed by atoms with Crippen molar-refractivity contribution in [2.24, 2.45) is 0 Å². The van der Waals surface area contributed by atoms with Crippen LogP contribution in [0.2, 0.25) is 0 Å². The van der Waals surface area contributed by atoms with Gasteiger partial charge in [-0.1, -0.05) is 22.9 Å². The quantitative estimate of drug-likeness (QED) is 0.731. The molecule has 1 rings (SSSR count). The Morgan fingerprint density at radius 3 is 2.67 bits per heavy atom. The summed E-state index contributed by atoms with van der Waals surface area (Å²) < 4.78 is 2.08. The predicted octanol–water partition coefficient (Wildman–Crippen LogP) is 2.96. The SMILES string of the molecule is CC(CBr)c1ccnn1C(C)C. The van der Waals surface area contributed by atoms with Gasteiger partial charge in [0, 0.05) is 29.2 Å². The van der Waals surface area contributed by atoms with Gasteiger partial charge in [0.25, 0.3) is 0 Å². The number of alkyl halides is 1. The molecule has 0 fully saturated rings. The summed E-state index contributed by atoms with van der Waals surface area (Å²) in [5.41, 5.74) is 1.31. The average Bonchev–Trinajstić information content (AvgIpc) is 2.50. The van der Waals surface area contributed by atoms with Gasteiger partial charge in [-0.3, -0.25) is 4.68 Å². The van der Waals surface area contributed by atoms with Gasteiger partial charge in [-0.15, -0.1) is 0 Å². The van der Waals surface area contributed by atoms with E-state index >= 15 is 0 Å². The van der Waals surface area contributed by atoms with Crippen molar-refractivity contribution in [3.05, 3.63) is 18.0 Å². The molecular weight excluding hydrogens is 216 g/mol. The van der Waals surface area contributed by atoms with Crippen molar-refractivity contribution in [1.82, 2.24) is 9.78 Å². The van der Waals surface area contributed by atoms with Gasteiger partial charge >= 0.3 is 0 Å². The van der Waals surface area contributed by atoms with Crippen LogP contribution in [-0.2, 0) is 0 Å². The van der Waals surface area contributed by atoms with E-state index < -0.39 is 0 Å². The van der Waals surface area contributed by atoms with Crippen LogP contribution in [0, 0.1) is 0 Å². The second kappa shape index (κ2) is 4.08. The summed E-state index contributed by atoms with van der Waals surface area (Å²) in [6.45, 7) is 6.50. The van der Waals surface area contributed by atoms with Crippen LogP contribution >= 0.6 is 15.9 Å². The molecular formula is C9H15BrN2. The topological polar surface area (TPSA) is 17.8 Å². The summed E-state index contributed by atoms with van der Waals surface area (Å²) in [6, 6.07) is 2.54. The minimum atomic E-state index is 0.455. The van der Waals surface area contributed by atoms with E-state index in [0.717, 1.165) is 5.33 Å². The summed E-state index contributed by atoms with van der Waals surface area (Å²) >= 11 is 3.48. The largest absolute Gasteiger partial charge is 0.267 e. The fourth-order valence-corrected chi connectivity index (χ4v) is 1.56. The van der Waals surface area contributed by atoms with Crippen molar-refractivity contribution >= 4 is 15.9 Å². The summed E-state index contributed by atoms with van der Waals surface area (Å²) in [7, 11) is 0. The number of nitrogens with zero attached hydrogens (tertiary/aromatic N) is 2. The molecule has 0 aliphatic rings. The molecule has 0 amide bonds. The molecule has 2 nitrogen and oxygen atoms in total. The highest BCUT2D eigenvalue weighted by Crippen LogP contribution is 2.19. The maximum Gasteiger partial charge on any atom is 0.0492 e. The molecule has 0 saturated carbocycles. The third-order valence-electron chi connectivity index (χ3n) is 1.93. The first-order valence-corrected chi connectivity index (χ1v) is 5.38. The van der Waals surface area contributed by atoms with Crippen LogP contribution in [0.25, 0.3) is 0 Å². The molecule has 68 valence electrons. The van der Waals surface area contributed by atoms with E-state index in [9.17, 15) is 0 Å². The molecule has 12 heavy (non-hydrogen) atoms. The van der Waals surface area contributed by atoms with Crippen LogP contribution in [-0.4, -0.2) is 15.1 Å². The highest BCUT2D eigenvalue weighted by molar-refractivity contribution is 9.09. The number of halogens is 1. The van der Waals surface area contributed by atoms with Crippen LogP contribution < -0.4 is 0 Å². The highest BCUT2D eigenvalue weighted by Gasteiger charge is 2.11. The first kappa shape index (κ1) is 9.78. The molecule has 0 spiro atoms. The smallest absolute Gasteiger partial charge is 0.0492 e. The number of aromatic nitrogens is 2. The summed E-state index contributed by atoms with van der Waals surface area (Å²) in [5, 5.41) is 5.27. The van der Waals surface area contributed by atoms with E-state index in [1.807, 2.05) is 6.20 Å². The molecule has 0 aromatic carbocycles. The zero-order chi connectivity index (χ0) is 9.14. The molecule has 0 aliphatic heterocycles. The standard InChI is InChI=1S/C9H15BrN2/c1-7(2)12-9(4-5-11-12)8(3)6-10/h4-5,7-8H,6H2,1-3H3. The first-order valence-electron chi connectivity index (χ1n) is 4.26. The van der Waals surface area contributed by atoms with Crippen molar-refractivity contribution in [2.75, 3.05) is 5.33 Å². The summed E-state index contributed by atoms with van der Waals surface area (Å²) in [5.74, 6) is 0.537. The molecule has 0 bridgehead atoms. The summed E-state index contributed by atoms with van der Waals surface area (Å²) in [6.07, 6.45) is 1.87. The molecule has 1 aromatic rings. The van der Waals surface area contributed by atoms with Gasteiger partial charge in [0.15, 0.2) is 0 Å². The Labute approximate surface area is 82.1 Å².